The summed E-state index contributed by atoms with van der Waals surface area (Å²) in [6.07, 6.45) is 14.3. The van der Waals surface area contributed by atoms with Crippen molar-refractivity contribution in [2.75, 3.05) is 24.7 Å². The van der Waals surface area contributed by atoms with Crippen LogP contribution in [-0.4, -0.2) is 31.7 Å². The standard InChI is InChI=1S/C22H23NO.C21H34O3.C17H4/c1-4-22(2,3)15-21(24)23-16-19-11-6-5-9-17(19)13-14-18-10-7-8-12-20(18)23;1-4-21(2,3)13-15-23-14-9-12-20(22)24-16-19-17-10-7-5-6-8-11-18(17)19;1-3-5-7-9-11-13-15-17-16-14-12-10-8-6-4-2/h5-12H,4,15-16H2,1-3H3;17-19H,4,7-16H2,1-3H3;1H,2H3/t;17-,18+,19?;. The normalized spacial score (nSPS) is 15.3. The number of hydrogen-bond acceptors (Lipinski definition) is 4. The summed E-state index contributed by atoms with van der Waals surface area (Å²) in [5, 5.41) is 0. The Balaban J connectivity index is 0.000000264. The van der Waals surface area contributed by atoms with Crippen LogP contribution < -0.4 is 4.90 Å². The van der Waals surface area contributed by atoms with Gasteiger partial charge in [-0.05, 0) is 168 Å². The lowest BCUT2D eigenvalue weighted by Crippen LogP contribution is -2.34. The molecule has 2 aromatic carbocycles. The summed E-state index contributed by atoms with van der Waals surface area (Å²) in [5.41, 5.74) is 4.27. The molecule has 1 fully saturated rings. The van der Waals surface area contributed by atoms with Gasteiger partial charge in [-0.3, -0.25) is 9.59 Å². The van der Waals surface area contributed by atoms with Crippen LogP contribution in [0.1, 0.15) is 129 Å². The van der Waals surface area contributed by atoms with Gasteiger partial charge >= 0.3 is 5.97 Å². The van der Waals surface area contributed by atoms with Crippen LogP contribution in [0.2, 0.25) is 0 Å². The van der Waals surface area contributed by atoms with Gasteiger partial charge in [0.1, 0.15) is 0 Å². The van der Waals surface area contributed by atoms with Crippen molar-refractivity contribution in [3.63, 3.8) is 0 Å². The summed E-state index contributed by atoms with van der Waals surface area (Å²) in [5.74, 6) is 52.0. The molecule has 1 unspecified atom stereocenters. The number of terminal acetylenes is 1. The molecule has 2 aromatic rings. The SMILES string of the molecule is C#CC#CC#CC#CC#CC#CC#CC#CC.CCC(C)(C)CC(=O)N1Cc2ccccc2C#Cc2ccccc21.CCC(C)(C)CCOCCCC(=O)OCC1[C@H]2CCC#CCC[C@@H]12. The summed E-state index contributed by atoms with van der Waals surface area (Å²) in [6, 6.07) is 16.0. The molecule has 3 atom stereocenters. The number of amides is 1. The Morgan fingerprint density at radius 2 is 1.26 bits per heavy atom. The first-order valence-corrected chi connectivity index (χ1v) is 22.5. The predicted octanol–water partition coefficient (Wildman–Crippen LogP) is 10.0. The summed E-state index contributed by atoms with van der Waals surface area (Å²) >= 11 is 0. The number of anilines is 1. The van der Waals surface area contributed by atoms with E-state index in [0.29, 0.717) is 43.9 Å². The number of carbonyl (C=O) groups excluding carboxylic acids is 2. The Morgan fingerprint density at radius 3 is 1.85 bits per heavy atom. The third kappa shape index (κ3) is 20.8. The van der Waals surface area contributed by atoms with Crippen LogP contribution in [0, 0.1) is 147 Å². The minimum atomic E-state index is -0.0667. The first-order chi connectivity index (χ1) is 31.4. The molecule has 1 aliphatic heterocycles. The highest BCUT2D eigenvalue weighted by Crippen LogP contribution is 2.52. The second-order valence-electron chi connectivity index (χ2n) is 17.2. The molecular formula is C60H61NO4. The molecule has 3 aliphatic rings. The molecule has 0 saturated heterocycles. The lowest BCUT2D eigenvalue weighted by molar-refractivity contribution is -0.144. The van der Waals surface area contributed by atoms with Gasteiger partial charge in [-0.1, -0.05) is 102 Å². The molecule has 2 aliphatic carbocycles. The Kier molecular flexibility index (Phi) is 23.6. The van der Waals surface area contributed by atoms with E-state index in [1.807, 2.05) is 47.4 Å². The Bertz CT molecular complexity index is 2570. The van der Waals surface area contributed by atoms with Crippen molar-refractivity contribution in [2.24, 2.45) is 28.6 Å². The molecule has 0 aromatic heterocycles. The molecule has 5 heteroatoms. The van der Waals surface area contributed by atoms with Gasteiger partial charge in [-0.15, -0.1) is 18.3 Å². The zero-order valence-electron chi connectivity index (χ0n) is 39.4. The number of para-hydroxylation sites is 1. The van der Waals surface area contributed by atoms with Crippen LogP contribution in [-0.2, 0) is 25.6 Å². The molecule has 0 N–H and O–H groups in total. The Hall–Kier alpha value is -7.06. The molecule has 330 valence electrons. The van der Waals surface area contributed by atoms with Crippen LogP contribution >= 0.6 is 0 Å². The lowest BCUT2D eigenvalue weighted by Gasteiger charge is -2.30. The monoisotopic (exact) mass is 859 g/mol. The Labute approximate surface area is 391 Å². The van der Waals surface area contributed by atoms with Crippen LogP contribution in [0.25, 0.3) is 0 Å². The van der Waals surface area contributed by atoms with Crippen LogP contribution in [0.15, 0.2) is 48.5 Å². The maximum atomic E-state index is 13.1. The number of nitrogens with zero attached hydrogens (tertiary/aromatic N) is 1. The molecule has 65 heavy (non-hydrogen) atoms. The molecular weight excluding hydrogens is 799 g/mol. The maximum absolute atomic E-state index is 13.1. The molecule has 0 spiro atoms. The molecule has 1 saturated carbocycles. The second kappa shape index (κ2) is 29.3. The zero-order valence-corrected chi connectivity index (χ0v) is 39.4. The van der Waals surface area contributed by atoms with Gasteiger partial charge in [0.05, 0.1) is 18.8 Å². The van der Waals surface area contributed by atoms with Gasteiger partial charge in [0, 0.05) is 50.0 Å². The van der Waals surface area contributed by atoms with Gasteiger partial charge in [0.2, 0.25) is 5.91 Å². The second-order valence-corrected chi connectivity index (χ2v) is 17.2. The van der Waals surface area contributed by atoms with E-state index in [9.17, 15) is 9.59 Å². The zero-order chi connectivity index (χ0) is 47.2. The predicted molar refractivity (Wildman–Crippen MR) is 264 cm³/mol. The van der Waals surface area contributed by atoms with Gasteiger partial charge in [0.15, 0.2) is 0 Å². The van der Waals surface area contributed by atoms with Gasteiger partial charge in [-0.25, -0.2) is 0 Å². The quantitative estimate of drug-likeness (QED) is 0.114. The van der Waals surface area contributed by atoms with Gasteiger partial charge in [0.25, 0.3) is 0 Å². The topological polar surface area (TPSA) is 55.8 Å². The fourth-order valence-electron chi connectivity index (χ4n) is 6.77. The fourth-order valence-corrected chi connectivity index (χ4v) is 6.77. The van der Waals surface area contributed by atoms with E-state index in [1.54, 1.807) is 6.92 Å². The number of rotatable bonds is 13. The average Bonchev–Trinajstić information content (AvgIpc) is 3.94. The molecule has 1 heterocycles. The highest BCUT2D eigenvalue weighted by Gasteiger charge is 2.49. The first-order valence-electron chi connectivity index (χ1n) is 22.5. The first kappa shape index (κ1) is 52.3. The number of ether oxygens (including phenoxy) is 2. The smallest absolute Gasteiger partial charge is 0.305 e. The maximum Gasteiger partial charge on any atom is 0.305 e. The van der Waals surface area contributed by atoms with Crippen LogP contribution in [0.5, 0.6) is 0 Å². The molecule has 0 radical (unpaired) electrons. The van der Waals surface area contributed by atoms with Crippen molar-refractivity contribution < 1.29 is 19.1 Å². The summed E-state index contributed by atoms with van der Waals surface area (Å²) in [7, 11) is 0. The number of esters is 1. The Morgan fingerprint density at radius 1 is 0.723 bits per heavy atom. The third-order valence-corrected chi connectivity index (χ3v) is 11.5. The van der Waals surface area contributed by atoms with Gasteiger partial charge in [-0.2, -0.15) is 0 Å². The third-order valence-electron chi connectivity index (χ3n) is 11.5. The minimum absolute atomic E-state index is 0.000407. The minimum Gasteiger partial charge on any atom is -0.465 e. The van der Waals surface area contributed by atoms with Gasteiger partial charge < -0.3 is 14.4 Å². The highest BCUT2D eigenvalue weighted by molar-refractivity contribution is 5.95. The van der Waals surface area contributed by atoms with Crippen molar-refractivity contribution in [2.45, 2.75) is 119 Å². The largest absolute Gasteiger partial charge is 0.465 e. The van der Waals surface area contributed by atoms with E-state index >= 15 is 0 Å². The molecule has 0 bridgehead atoms. The van der Waals surface area contributed by atoms with Crippen molar-refractivity contribution in [1.82, 2.24) is 0 Å². The van der Waals surface area contributed by atoms with Crippen molar-refractivity contribution in [1.29, 1.82) is 0 Å². The summed E-state index contributed by atoms with van der Waals surface area (Å²) in [6.45, 7) is 17.5. The molecule has 5 rings (SSSR count). The average molecular weight is 860 g/mol. The number of carbonyl (C=O) groups is 2. The van der Waals surface area contributed by atoms with E-state index in [4.69, 9.17) is 15.9 Å². The number of fused-ring (bicyclic) bond motifs is 3. The van der Waals surface area contributed by atoms with E-state index < -0.39 is 0 Å². The highest BCUT2D eigenvalue weighted by atomic mass is 16.5. The fraction of sp³-hybridized carbons (Fsp3) is 0.433. The van der Waals surface area contributed by atoms with Crippen molar-refractivity contribution in [3.05, 3.63) is 65.2 Å². The summed E-state index contributed by atoms with van der Waals surface area (Å²) in [4.78, 5) is 26.8. The lowest BCUT2D eigenvalue weighted by atomic mass is 9.85. The van der Waals surface area contributed by atoms with E-state index in [1.165, 1.54) is 12.8 Å². The van der Waals surface area contributed by atoms with E-state index in [-0.39, 0.29) is 17.3 Å². The number of hydrogen-bond donors (Lipinski definition) is 0. The van der Waals surface area contributed by atoms with Crippen molar-refractivity contribution >= 4 is 17.6 Å². The van der Waals surface area contributed by atoms with Crippen LogP contribution in [0.3, 0.4) is 0 Å². The van der Waals surface area contributed by atoms with E-state index in [0.717, 1.165) is 79.3 Å². The van der Waals surface area contributed by atoms with E-state index in [2.05, 4.69) is 160 Å². The molecule has 5 nitrogen and oxygen atoms in total. The molecule has 1 amide bonds. The van der Waals surface area contributed by atoms with Crippen molar-refractivity contribution in [3.8, 4) is 119 Å². The number of benzene rings is 2. The van der Waals surface area contributed by atoms with Crippen LogP contribution in [0.4, 0.5) is 5.69 Å². The summed E-state index contributed by atoms with van der Waals surface area (Å²) < 4.78 is 11.1.